The zero-order valence-corrected chi connectivity index (χ0v) is 24.7. The van der Waals surface area contributed by atoms with E-state index in [4.69, 9.17) is 0 Å². The van der Waals surface area contributed by atoms with Crippen LogP contribution in [0.2, 0.25) is 0 Å². The standard InChI is InChI=1S/C33H48N2O2/c1-27(2)12-14-33(20-35-9)15-13-31(7)25(32(33,8)19-27)22(36)16-24-29(5)17-21(18-34)26(37)28(3,4)23(29)10-11-30(24,31)6/h16-17,23,25,35H,10-15,19-20H2,1-9H3/t23?,25-,29-,30+,31+,32-,33+/m0/s1. The predicted octanol–water partition coefficient (Wildman–Crippen LogP) is 6.82. The summed E-state index contributed by atoms with van der Waals surface area (Å²) in [5, 5.41) is 13.4. The van der Waals surface area contributed by atoms with Gasteiger partial charge in [0, 0.05) is 23.3 Å². The molecule has 0 aliphatic heterocycles. The number of rotatable bonds is 2. The van der Waals surface area contributed by atoms with Crippen LogP contribution < -0.4 is 5.32 Å². The highest BCUT2D eigenvalue weighted by atomic mass is 16.1. The minimum absolute atomic E-state index is 0.0202. The number of nitriles is 1. The van der Waals surface area contributed by atoms with Crippen LogP contribution in [-0.2, 0) is 9.59 Å². The van der Waals surface area contributed by atoms with Gasteiger partial charge in [0.2, 0.25) is 0 Å². The third kappa shape index (κ3) is 3.10. The van der Waals surface area contributed by atoms with Crippen LogP contribution in [0.5, 0.6) is 0 Å². The minimum atomic E-state index is -0.620. The van der Waals surface area contributed by atoms with Crippen LogP contribution in [-0.4, -0.2) is 25.2 Å². The molecule has 5 aliphatic rings. The fourth-order valence-electron chi connectivity index (χ4n) is 11.3. The summed E-state index contributed by atoms with van der Waals surface area (Å²) < 4.78 is 0. The summed E-state index contributed by atoms with van der Waals surface area (Å²) in [5.41, 5.74) is 0.329. The number of carbonyl (C=O) groups excluding carboxylic acids is 2. The molecule has 0 spiro atoms. The molecule has 0 aromatic rings. The summed E-state index contributed by atoms with van der Waals surface area (Å²) >= 11 is 0. The quantitative estimate of drug-likeness (QED) is 0.448. The first kappa shape index (κ1) is 26.9. The number of fused-ring (bicyclic) bond motifs is 7. The number of Topliss-reactive ketones (excluding diaryl/α,β-unsaturated/α-hetero) is 1. The van der Waals surface area contributed by atoms with E-state index >= 15 is 0 Å². The molecule has 1 N–H and O–H groups in total. The van der Waals surface area contributed by atoms with Crippen LogP contribution in [0.4, 0.5) is 0 Å². The molecule has 1 unspecified atom stereocenters. The third-order valence-corrected chi connectivity index (χ3v) is 13.2. The summed E-state index contributed by atoms with van der Waals surface area (Å²) in [6.07, 6.45) is 11.6. The Labute approximate surface area is 224 Å². The number of carbonyl (C=O) groups is 2. The SMILES string of the molecule is CNC[C@]12CCC(C)(C)C[C@@]1(C)[C@H]1C(=O)C=C3[C@@]4(C)C=C(C#N)C(=O)C(C)(C)C4CC[C@@]3(C)[C@]1(C)CC2. The first-order valence-corrected chi connectivity index (χ1v) is 14.6. The van der Waals surface area contributed by atoms with Gasteiger partial charge in [-0.2, -0.15) is 5.26 Å². The molecule has 0 saturated heterocycles. The van der Waals surface area contributed by atoms with E-state index in [1.807, 2.05) is 26.0 Å². The second kappa shape index (κ2) is 7.68. The highest BCUT2D eigenvalue weighted by Gasteiger charge is 2.72. The van der Waals surface area contributed by atoms with Crippen LogP contribution in [0.15, 0.2) is 23.3 Å². The fraction of sp³-hybridized carbons (Fsp3) is 0.788. The molecule has 3 saturated carbocycles. The van der Waals surface area contributed by atoms with Gasteiger partial charge in [0.05, 0.1) is 5.57 Å². The van der Waals surface area contributed by atoms with E-state index in [2.05, 4.69) is 60.0 Å². The molecule has 5 aliphatic carbocycles. The van der Waals surface area contributed by atoms with Crippen LogP contribution in [0.1, 0.15) is 100 Å². The average Bonchev–Trinajstić information content (AvgIpc) is 2.78. The number of hydrogen-bond donors (Lipinski definition) is 1. The van der Waals surface area contributed by atoms with Crippen LogP contribution in [0, 0.1) is 61.1 Å². The van der Waals surface area contributed by atoms with Gasteiger partial charge in [0.25, 0.3) is 0 Å². The molecule has 202 valence electrons. The summed E-state index contributed by atoms with van der Waals surface area (Å²) in [7, 11) is 2.07. The van der Waals surface area contributed by atoms with Crippen molar-refractivity contribution in [1.29, 1.82) is 5.26 Å². The van der Waals surface area contributed by atoms with E-state index in [1.54, 1.807) is 0 Å². The second-order valence-corrected chi connectivity index (χ2v) is 15.8. The van der Waals surface area contributed by atoms with Gasteiger partial charge in [-0.15, -0.1) is 0 Å². The lowest BCUT2D eigenvalue weighted by Crippen LogP contribution is -2.69. The Kier molecular flexibility index (Phi) is 5.58. The number of allylic oxidation sites excluding steroid dienone is 4. The van der Waals surface area contributed by atoms with Gasteiger partial charge >= 0.3 is 0 Å². The summed E-state index contributed by atoms with van der Waals surface area (Å²) in [6, 6.07) is 2.22. The summed E-state index contributed by atoms with van der Waals surface area (Å²) in [6.45, 7) is 19.3. The molecule has 4 nitrogen and oxygen atoms in total. The van der Waals surface area contributed by atoms with Crippen molar-refractivity contribution < 1.29 is 9.59 Å². The van der Waals surface area contributed by atoms with Crippen molar-refractivity contribution in [2.45, 2.75) is 100 Å². The van der Waals surface area contributed by atoms with Crippen molar-refractivity contribution >= 4 is 11.6 Å². The van der Waals surface area contributed by atoms with Crippen molar-refractivity contribution in [3.63, 3.8) is 0 Å². The van der Waals surface area contributed by atoms with Gasteiger partial charge in [-0.05, 0) is 91.1 Å². The van der Waals surface area contributed by atoms with E-state index in [9.17, 15) is 14.9 Å². The highest BCUT2D eigenvalue weighted by molar-refractivity contribution is 6.04. The molecular weight excluding hydrogens is 456 g/mol. The molecule has 4 heteroatoms. The molecule has 37 heavy (non-hydrogen) atoms. The highest BCUT2D eigenvalue weighted by Crippen LogP contribution is 2.77. The van der Waals surface area contributed by atoms with E-state index in [0.717, 1.165) is 38.6 Å². The number of nitrogens with zero attached hydrogens (tertiary/aromatic N) is 1. The lowest BCUT2D eigenvalue weighted by molar-refractivity contribution is -0.205. The van der Waals surface area contributed by atoms with Crippen LogP contribution in [0.25, 0.3) is 0 Å². The zero-order chi connectivity index (χ0) is 27.4. The molecular formula is C33H48N2O2. The maximum Gasteiger partial charge on any atom is 0.178 e. The van der Waals surface area contributed by atoms with Gasteiger partial charge in [0.15, 0.2) is 11.6 Å². The van der Waals surface area contributed by atoms with E-state index in [1.165, 1.54) is 18.4 Å². The normalized spacial score (nSPS) is 47.9. The second-order valence-electron chi connectivity index (χ2n) is 15.8. The Hall–Kier alpha value is -1.73. The van der Waals surface area contributed by atoms with Gasteiger partial charge in [-0.1, -0.05) is 67.0 Å². The monoisotopic (exact) mass is 504 g/mol. The molecule has 7 atom stereocenters. The Balaban J connectivity index is 1.73. The zero-order valence-electron chi connectivity index (χ0n) is 24.7. The molecule has 0 aromatic carbocycles. The topological polar surface area (TPSA) is 70.0 Å². The van der Waals surface area contributed by atoms with Gasteiger partial charge < -0.3 is 5.32 Å². The number of ketones is 2. The molecule has 0 heterocycles. The third-order valence-electron chi connectivity index (χ3n) is 13.2. The Morgan fingerprint density at radius 2 is 1.59 bits per heavy atom. The molecule has 5 rings (SSSR count). The Bertz CT molecular complexity index is 1170. The number of hydrogen-bond acceptors (Lipinski definition) is 4. The first-order chi connectivity index (χ1) is 17.0. The van der Waals surface area contributed by atoms with Crippen molar-refractivity contribution in [2.75, 3.05) is 13.6 Å². The van der Waals surface area contributed by atoms with E-state index in [0.29, 0.717) is 5.78 Å². The lowest BCUT2D eigenvalue weighted by Gasteiger charge is -2.72. The molecule has 0 bridgehead atoms. The van der Waals surface area contributed by atoms with E-state index < -0.39 is 10.8 Å². The molecule has 0 radical (unpaired) electrons. The van der Waals surface area contributed by atoms with Crippen molar-refractivity contribution in [2.24, 2.45) is 49.7 Å². The van der Waals surface area contributed by atoms with Crippen LogP contribution >= 0.6 is 0 Å². The Morgan fingerprint density at radius 3 is 2.22 bits per heavy atom. The Morgan fingerprint density at radius 1 is 0.946 bits per heavy atom. The largest absolute Gasteiger partial charge is 0.319 e. The van der Waals surface area contributed by atoms with Crippen LogP contribution in [0.3, 0.4) is 0 Å². The maximum absolute atomic E-state index is 14.6. The maximum atomic E-state index is 14.6. The smallest absolute Gasteiger partial charge is 0.178 e. The predicted molar refractivity (Wildman–Crippen MR) is 147 cm³/mol. The average molecular weight is 505 g/mol. The minimum Gasteiger partial charge on any atom is -0.319 e. The van der Waals surface area contributed by atoms with Crippen molar-refractivity contribution in [1.82, 2.24) is 5.32 Å². The van der Waals surface area contributed by atoms with Crippen molar-refractivity contribution in [3.05, 3.63) is 23.3 Å². The molecule has 3 fully saturated rings. The fourth-order valence-corrected chi connectivity index (χ4v) is 11.3. The van der Waals surface area contributed by atoms with Gasteiger partial charge in [-0.3, -0.25) is 9.59 Å². The van der Waals surface area contributed by atoms with Gasteiger partial charge in [0.1, 0.15) is 6.07 Å². The molecule has 0 aromatic heterocycles. The molecule has 0 amide bonds. The summed E-state index contributed by atoms with van der Waals surface area (Å²) in [4.78, 5) is 27.8. The summed E-state index contributed by atoms with van der Waals surface area (Å²) in [5.74, 6) is 0.319. The number of nitrogens with one attached hydrogen (secondary N) is 1. The first-order valence-electron chi connectivity index (χ1n) is 14.6. The van der Waals surface area contributed by atoms with Gasteiger partial charge in [-0.25, -0.2) is 0 Å². The van der Waals surface area contributed by atoms with Crippen molar-refractivity contribution in [3.8, 4) is 6.07 Å². The van der Waals surface area contributed by atoms with E-state index in [-0.39, 0.29) is 50.3 Å². The lowest BCUT2D eigenvalue weighted by atomic mass is 9.31.